The summed E-state index contributed by atoms with van der Waals surface area (Å²) in [5.74, 6) is 1.64. The van der Waals surface area contributed by atoms with Gasteiger partial charge in [0.1, 0.15) is 16.4 Å². The average Bonchev–Trinajstić information content (AvgIpc) is 2.65. The molecule has 1 saturated carbocycles. The molecule has 0 saturated heterocycles. The molecule has 1 fully saturated rings. The Labute approximate surface area is 179 Å². The molecule has 1 aliphatic carbocycles. The zero-order chi connectivity index (χ0) is 19.2. The zero-order valence-electron chi connectivity index (χ0n) is 16.1. The Balaban J connectivity index is 0.00000364. The Kier molecular flexibility index (Phi) is 11.6. The number of nitrogens with one attached hydrogen (secondary N) is 1. The van der Waals surface area contributed by atoms with E-state index in [-0.39, 0.29) is 35.7 Å². The molecule has 0 spiro atoms. The van der Waals surface area contributed by atoms with Crippen molar-refractivity contribution in [2.75, 3.05) is 27.3 Å². The first kappa shape index (κ1) is 26.6. The van der Waals surface area contributed by atoms with Crippen molar-refractivity contribution in [3.63, 3.8) is 0 Å². The van der Waals surface area contributed by atoms with Gasteiger partial charge in [-0.25, -0.2) is 13.1 Å². The van der Waals surface area contributed by atoms with Gasteiger partial charge in [0, 0.05) is 19.2 Å². The molecule has 162 valence electrons. The number of nitrogens with two attached hydrogens (primary N) is 2. The fourth-order valence-electron chi connectivity index (χ4n) is 3.15. The summed E-state index contributed by atoms with van der Waals surface area (Å²) >= 11 is 0. The van der Waals surface area contributed by atoms with E-state index in [9.17, 15) is 8.42 Å². The van der Waals surface area contributed by atoms with Crippen LogP contribution in [0.1, 0.15) is 25.7 Å². The van der Waals surface area contributed by atoms with Crippen LogP contribution in [0.4, 0.5) is 0 Å². The van der Waals surface area contributed by atoms with Crippen molar-refractivity contribution in [3.05, 3.63) is 18.2 Å². The maximum absolute atomic E-state index is 12.7. The normalized spacial score (nSPS) is 18.9. The maximum Gasteiger partial charge on any atom is 0.244 e. The van der Waals surface area contributed by atoms with Crippen LogP contribution in [0.5, 0.6) is 11.5 Å². The Morgan fingerprint density at radius 3 is 2.25 bits per heavy atom. The van der Waals surface area contributed by atoms with Crippen LogP contribution < -0.4 is 25.7 Å². The molecule has 0 radical (unpaired) electrons. The van der Waals surface area contributed by atoms with E-state index in [0.29, 0.717) is 36.4 Å². The minimum atomic E-state index is -3.68. The molecule has 2 rings (SSSR count). The number of sulfonamides is 1. The third kappa shape index (κ3) is 7.54. The number of ether oxygens (including phenoxy) is 2. The Morgan fingerprint density at radius 2 is 1.71 bits per heavy atom. The fourth-order valence-corrected chi connectivity index (χ4v) is 4.45. The van der Waals surface area contributed by atoms with Crippen LogP contribution in [0.25, 0.3) is 0 Å². The summed E-state index contributed by atoms with van der Waals surface area (Å²) < 4.78 is 38.3. The summed E-state index contributed by atoms with van der Waals surface area (Å²) in [5.41, 5.74) is 10.7. The summed E-state index contributed by atoms with van der Waals surface area (Å²) in [6.45, 7) is 1.04. The molecule has 1 aromatic carbocycles. The van der Waals surface area contributed by atoms with Gasteiger partial charge in [-0.2, -0.15) is 0 Å². The standard InChI is InChI=1S/C17H28N4O4S.2ClH/c1-24-14-7-8-15(25-2)16(9-14)26(22,23)21-11-13-5-3-12(4-6-13)10-20-17(18)19;;/h7-9,12-13,21H,3-6,10-11H2,1-2H3,(H4,18,19,20);2*1H. The van der Waals surface area contributed by atoms with E-state index < -0.39 is 10.0 Å². The Bertz CT molecular complexity index is 735. The number of guanidine groups is 1. The minimum absolute atomic E-state index is 0. The second kappa shape index (κ2) is 12.2. The van der Waals surface area contributed by atoms with Gasteiger partial charge in [0.2, 0.25) is 10.0 Å². The van der Waals surface area contributed by atoms with Crippen LogP contribution in [-0.4, -0.2) is 41.7 Å². The highest BCUT2D eigenvalue weighted by Crippen LogP contribution is 2.30. The quantitative estimate of drug-likeness (QED) is 0.404. The molecule has 28 heavy (non-hydrogen) atoms. The van der Waals surface area contributed by atoms with E-state index in [0.717, 1.165) is 25.7 Å². The number of aliphatic imine (C=N–C) groups is 1. The van der Waals surface area contributed by atoms with Gasteiger partial charge in [0.25, 0.3) is 0 Å². The molecular weight excluding hydrogens is 427 g/mol. The van der Waals surface area contributed by atoms with E-state index in [1.54, 1.807) is 12.1 Å². The summed E-state index contributed by atoms with van der Waals surface area (Å²) in [6.07, 6.45) is 3.88. The van der Waals surface area contributed by atoms with Crippen molar-refractivity contribution < 1.29 is 17.9 Å². The van der Waals surface area contributed by atoms with Gasteiger partial charge in [-0.15, -0.1) is 24.8 Å². The highest BCUT2D eigenvalue weighted by molar-refractivity contribution is 7.89. The summed E-state index contributed by atoms with van der Waals surface area (Å²) in [6, 6.07) is 4.71. The Hall–Kier alpha value is -1.42. The third-order valence-electron chi connectivity index (χ3n) is 4.72. The number of benzene rings is 1. The average molecular weight is 457 g/mol. The van der Waals surface area contributed by atoms with E-state index in [1.807, 2.05) is 0 Å². The van der Waals surface area contributed by atoms with E-state index in [1.165, 1.54) is 20.3 Å². The molecular formula is C17H30Cl2N4O4S. The number of halogens is 2. The maximum atomic E-state index is 12.7. The number of hydrogen-bond acceptors (Lipinski definition) is 5. The molecule has 0 aromatic heterocycles. The summed E-state index contributed by atoms with van der Waals surface area (Å²) in [4.78, 5) is 4.15. The van der Waals surface area contributed by atoms with Gasteiger partial charge in [0.05, 0.1) is 14.2 Å². The number of nitrogens with zero attached hydrogens (tertiary/aromatic N) is 1. The molecule has 1 aliphatic rings. The van der Waals surface area contributed by atoms with Gasteiger partial charge in [-0.05, 0) is 49.7 Å². The molecule has 11 heteroatoms. The van der Waals surface area contributed by atoms with Crippen molar-refractivity contribution in [3.8, 4) is 11.5 Å². The predicted octanol–water partition coefficient (Wildman–Crippen LogP) is 1.91. The molecule has 8 nitrogen and oxygen atoms in total. The predicted molar refractivity (Wildman–Crippen MR) is 115 cm³/mol. The van der Waals surface area contributed by atoms with E-state index in [2.05, 4.69) is 9.71 Å². The topological polar surface area (TPSA) is 129 Å². The van der Waals surface area contributed by atoms with Gasteiger partial charge in [-0.3, -0.25) is 4.99 Å². The van der Waals surface area contributed by atoms with Crippen molar-refractivity contribution in [1.82, 2.24) is 4.72 Å². The lowest BCUT2D eigenvalue weighted by Crippen LogP contribution is -2.32. The molecule has 0 unspecified atom stereocenters. The van der Waals surface area contributed by atoms with E-state index in [4.69, 9.17) is 20.9 Å². The second-order valence-corrected chi connectivity index (χ2v) is 8.26. The highest BCUT2D eigenvalue weighted by atomic mass is 35.5. The monoisotopic (exact) mass is 456 g/mol. The minimum Gasteiger partial charge on any atom is -0.497 e. The molecule has 0 aliphatic heterocycles. The van der Waals surface area contributed by atoms with Crippen molar-refractivity contribution in [1.29, 1.82) is 0 Å². The zero-order valence-corrected chi connectivity index (χ0v) is 18.5. The number of hydrogen-bond donors (Lipinski definition) is 3. The summed E-state index contributed by atoms with van der Waals surface area (Å²) in [5, 5.41) is 0. The van der Waals surface area contributed by atoms with Crippen LogP contribution in [0.15, 0.2) is 28.1 Å². The largest absolute Gasteiger partial charge is 0.497 e. The number of methoxy groups -OCH3 is 2. The smallest absolute Gasteiger partial charge is 0.244 e. The SMILES string of the molecule is COc1ccc(OC)c(S(=O)(=O)NCC2CCC(CN=C(N)N)CC2)c1.Cl.Cl. The second-order valence-electron chi connectivity index (χ2n) is 6.52. The lowest BCUT2D eigenvalue weighted by Gasteiger charge is -2.27. The van der Waals surface area contributed by atoms with Gasteiger partial charge < -0.3 is 20.9 Å². The van der Waals surface area contributed by atoms with Crippen LogP contribution in [0.2, 0.25) is 0 Å². The lowest BCUT2D eigenvalue weighted by molar-refractivity contribution is 0.280. The van der Waals surface area contributed by atoms with Gasteiger partial charge >= 0.3 is 0 Å². The van der Waals surface area contributed by atoms with Crippen molar-refractivity contribution >= 4 is 40.8 Å². The lowest BCUT2D eigenvalue weighted by atomic mass is 9.82. The van der Waals surface area contributed by atoms with Crippen LogP contribution in [-0.2, 0) is 10.0 Å². The highest BCUT2D eigenvalue weighted by Gasteiger charge is 2.25. The molecule has 0 amide bonds. The molecule has 1 aromatic rings. The molecule has 0 atom stereocenters. The van der Waals surface area contributed by atoms with Crippen molar-refractivity contribution in [2.45, 2.75) is 30.6 Å². The summed E-state index contributed by atoms with van der Waals surface area (Å²) in [7, 11) is -0.744. The molecule has 0 bridgehead atoms. The fraction of sp³-hybridized carbons (Fsp3) is 0.588. The Morgan fingerprint density at radius 1 is 1.11 bits per heavy atom. The number of rotatable bonds is 8. The van der Waals surface area contributed by atoms with Crippen LogP contribution >= 0.6 is 24.8 Å². The van der Waals surface area contributed by atoms with Crippen LogP contribution in [0, 0.1) is 11.8 Å². The first-order valence-electron chi connectivity index (χ1n) is 8.62. The van der Waals surface area contributed by atoms with Crippen molar-refractivity contribution in [2.24, 2.45) is 28.3 Å². The molecule has 5 N–H and O–H groups in total. The van der Waals surface area contributed by atoms with Crippen LogP contribution in [0.3, 0.4) is 0 Å². The van der Waals surface area contributed by atoms with Gasteiger partial charge in [-0.1, -0.05) is 0 Å². The van der Waals surface area contributed by atoms with E-state index >= 15 is 0 Å². The first-order chi connectivity index (χ1) is 12.4. The van der Waals surface area contributed by atoms with Gasteiger partial charge in [0.15, 0.2) is 5.96 Å². The molecule has 0 heterocycles. The first-order valence-corrected chi connectivity index (χ1v) is 10.1. The third-order valence-corrected chi connectivity index (χ3v) is 6.17.